The summed E-state index contributed by atoms with van der Waals surface area (Å²) in [6.07, 6.45) is 0. The zero-order chi connectivity index (χ0) is 30.3. The molecule has 0 amide bonds. The fourth-order valence-electron chi connectivity index (χ4n) is 5.43. The van der Waals surface area contributed by atoms with Crippen LogP contribution in [0.25, 0.3) is 11.1 Å². The number of carbonyl (C=O) groups is 2. The topological polar surface area (TPSA) is 55.8 Å². The molecule has 0 saturated heterocycles. The number of carbonyl (C=O) groups excluding carboxylic acids is 2. The third-order valence-corrected chi connectivity index (χ3v) is 7.76. The van der Waals surface area contributed by atoms with E-state index < -0.39 is 11.9 Å². The minimum atomic E-state index is -0.460. The second-order valence-corrected chi connectivity index (χ2v) is 11.5. The van der Waals surface area contributed by atoms with Gasteiger partial charge in [-0.25, -0.2) is 9.59 Å². The van der Waals surface area contributed by atoms with Crippen LogP contribution in [0.1, 0.15) is 49.9 Å². The molecule has 212 valence electrons. The van der Waals surface area contributed by atoms with Crippen molar-refractivity contribution >= 4 is 29.0 Å². The standard InChI is InChI=1S/C37H35NO4/c1-22(2)35(39)41-33-17-14-26(19-24(33)5)38(27-15-18-34(25(6)20-27)42-36(40)23(3)4)28-13-16-30-29-11-9-10-12-31(29)37(7,8)32(30)21-28/h9-21H,1,3H2,2,4-8H3. The molecular formula is C37H35NO4. The lowest BCUT2D eigenvalue weighted by Crippen LogP contribution is -2.17. The summed E-state index contributed by atoms with van der Waals surface area (Å²) in [7, 11) is 0. The predicted octanol–water partition coefficient (Wildman–Crippen LogP) is 9.04. The number of benzene rings is 4. The second-order valence-electron chi connectivity index (χ2n) is 11.5. The number of nitrogens with zero attached hydrogens (tertiary/aromatic N) is 1. The van der Waals surface area contributed by atoms with Gasteiger partial charge in [-0.2, -0.15) is 0 Å². The Morgan fingerprint density at radius 2 is 1.10 bits per heavy atom. The Kier molecular flexibility index (Phi) is 7.38. The van der Waals surface area contributed by atoms with Crippen molar-refractivity contribution in [3.8, 4) is 22.6 Å². The molecular weight excluding hydrogens is 522 g/mol. The van der Waals surface area contributed by atoms with Crippen LogP contribution in [0.2, 0.25) is 0 Å². The molecule has 0 fully saturated rings. The third kappa shape index (κ3) is 5.14. The molecule has 0 spiro atoms. The normalized spacial score (nSPS) is 12.6. The molecule has 4 aromatic carbocycles. The summed E-state index contributed by atoms with van der Waals surface area (Å²) in [6.45, 7) is 19.0. The van der Waals surface area contributed by atoms with Crippen molar-refractivity contribution in [3.63, 3.8) is 0 Å². The number of anilines is 3. The molecule has 4 aromatic rings. The molecule has 1 aliphatic rings. The molecule has 0 atom stereocenters. The SMILES string of the molecule is C=C(C)C(=O)Oc1ccc(N(c2ccc(OC(=O)C(=C)C)c(C)c2)c2ccc3c(c2)C(C)(C)c2ccccc2-3)cc1C. The Morgan fingerprint density at radius 1 is 0.643 bits per heavy atom. The van der Waals surface area contributed by atoms with Gasteiger partial charge in [0.05, 0.1) is 0 Å². The molecule has 5 heteroatoms. The average Bonchev–Trinajstić information content (AvgIpc) is 3.18. The summed E-state index contributed by atoms with van der Waals surface area (Å²) < 4.78 is 11.1. The fourth-order valence-corrected chi connectivity index (χ4v) is 5.43. The number of ether oxygens (including phenoxy) is 2. The lowest BCUT2D eigenvalue weighted by atomic mass is 9.82. The number of hydrogen-bond donors (Lipinski definition) is 0. The molecule has 0 unspecified atom stereocenters. The Morgan fingerprint density at radius 3 is 1.60 bits per heavy atom. The van der Waals surface area contributed by atoms with Crippen LogP contribution in [0.3, 0.4) is 0 Å². The summed E-state index contributed by atoms with van der Waals surface area (Å²) in [6, 6.07) is 26.6. The first-order valence-electron chi connectivity index (χ1n) is 13.9. The molecule has 0 N–H and O–H groups in total. The number of fused-ring (bicyclic) bond motifs is 3. The summed E-state index contributed by atoms with van der Waals surface area (Å²) in [5, 5.41) is 0. The van der Waals surface area contributed by atoms with Crippen molar-refractivity contribution in [2.45, 2.75) is 47.0 Å². The maximum absolute atomic E-state index is 12.2. The van der Waals surface area contributed by atoms with Crippen molar-refractivity contribution in [2.24, 2.45) is 0 Å². The van der Waals surface area contributed by atoms with E-state index in [9.17, 15) is 9.59 Å². The Bertz CT molecular complexity index is 1700. The number of hydrogen-bond acceptors (Lipinski definition) is 5. The quantitative estimate of drug-likeness (QED) is 0.129. The highest BCUT2D eigenvalue weighted by Crippen LogP contribution is 2.50. The van der Waals surface area contributed by atoms with Gasteiger partial charge >= 0.3 is 11.9 Å². The van der Waals surface area contributed by atoms with Gasteiger partial charge in [0.2, 0.25) is 0 Å². The van der Waals surface area contributed by atoms with Gasteiger partial charge in [-0.3, -0.25) is 0 Å². The summed E-state index contributed by atoms with van der Waals surface area (Å²) in [4.78, 5) is 26.6. The summed E-state index contributed by atoms with van der Waals surface area (Å²) in [5.41, 5.74) is 9.94. The monoisotopic (exact) mass is 557 g/mol. The first-order chi connectivity index (χ1) is 19.9. The van der Waals surface area contributed by atoms with E-state index >= 15 is 0 Å². The Balaban J connectivity index is 1.63. The van der Waals surface area contributed by atoms with E-state index in [0.717, 1.165) is 28.2 Å². The van der Waals surface area contributed by atoms with Crippen molar-refractivity contribution < 1.29 is 19.1 Å². The predicted molar refractivity (Wildman–Crippen MR) is 169 cm³/mol. The van der Waals surface area contributed by atoms with Gasteiger partial charge in [0, 0.05) is 33.6 Å². The average molecular weight is 558 g/mol. The molecule has 42 heavy (non-hydrogen) atoms. The zero-order valence-corrected chi connectivity index (χ0v) is 25.0. The highest BCUT2D eigenvalue weighted by molar-refractivity contribution is 5.90. The molecule has 0 radical (unpaired) electrons. The van der Waals surface area contributed by atoms with Gasteiger partial charge in [-0.15, -0.1) is 0 Å². The van der Waals surface area contributed by atoms with Gasteiger partial charge < -0.3 is 14.4 Å². The first kappa shape index (κ1) is 28.6. The summed E-state index contributed by atoms with van der Waals surface area (Å²) >= 11 is 0. The van der Waals surface area contributed by atoms with Gasteiger partial charge in [-0.05, 0) is 110 Å². The fraction of sp³-hybridized carbons (Fsp3) is 0.189. The second kappa shape index (κ2) is 10.8. The van der Waals surface area contributed by atoms with Crippen molar-refractivity contribution in [3.05, 3.63) is 125 Å². The van der Waals surface area contributed by atoms with Gasteiger partial charge in [0.25, 0.3) is 0 Å². The van der Waals surface area contributed by atoms with E-state index in [0.29, 0.717) is 22.6 Å². The van der Waals surface area contributed by atoms with Crippen LogP contribution < -0.4 is 14.4 Å². The van der Waals surface area contributed by atoms with Crippen LogP contribution in [0.5, 0.6) is 11.5 Å². The molecule has 1 aliphatic carbocycles. The minimum Gasteiger partial charge on any atom is -0.423 e. The lowest BCUT2D eigenvalue weighted by Gasteiger charge is -2.29. The molecule has 0 bridgehead atoms. The van der Waals surface area contributed by atoms with E-state index in [2.05, 4.69) is 74.4 Å². The Hall–Kier alpha value is -4.90. The van der Waals surface area contributed by atoms with E-state index in [1.54, 1.807) is 13.8 Å². The number of rotatable bonds is 7. The van der Waals surface area contributed by atoms with Crippen LogP contribution in [0, 0.1) is 13.8 Å². The molecule has 5 rings (SSSR count). The van der Waals surface area contributed by atoms with Gasteiger partial charge in [0.1, 0.15) is 11.5 Å². The largest absolute Gasteiger partial charge is 0.423 e. The lowest BCUT2D eigenvalue weighted by molar-refractivity contribution is -0.131. The summed E-state index contributed by atoms with van der Waals surface area (Å²) in [5.74, 6) is 0.0447. The molecule has 0 heterocycles. The van der Waals surface area contributed by atoms with E-state index in [1.807, 2.05) is 50.2 Å². The van der Waals surface area contributed by atoms with Crippen molar-refractivity contribution in [2.75, 3.05) is 4.90 Å². The smallest absolute Gasteiger partial charge is 0.338 e. The van der Waals surface area contributed by atoms with E-state index in [1.165, 1.54) is 22.3 Å². The Labute approximate surface area is 247 Å². The zero-order valence-electron chi connectivity index (χ0n) is 25.0. The van der Waals surface area contributed by atoms with Gasteiger partial charge in [-0.1, -0.05) is 57.3 Å². The maximum atomic E-state index is 12.2. The minimum absolute atomic E-state index is 0.166. The molecule has 5 nitrogen and oxygen atoms in total. The highest BCUT2D eigenvalue weighted by atomic mass is 16.5. The van der Waals surface area contributed by atoms with Crippen LogP contribution in [-0.4, -0.2) is 11.9 Å². The molecule has 0 aromatic heterocycles. The number of aryl methyl sites for hydroxylation is 2. The maximum Gasteiger partial charge on any atom is 0.338 e. The van der Waals surface area contributed by atoms with Crippen LogP contribution >= 0.6 is 0 Å². The molecule has 0 aliphatic heterocycles. The first-order valence-corrected chi connectivity index (χ1v) is 13.9. The van der Waals surface area contributed by atoms with E-state index in [4.69, 9.17) is 9.47 Å². The number of esters is 2. The van der Waals surface area contributed by atoms with Crippen LogP contribution in [0.4, 0.5) is 17.1 Å². The molecule has 0 saturated carbocycles. The highest BCUT2D eigenvalue weighted by Gasteiger charge is 2.35. The third-order valence-electron chi connectivity index (χ3n) is 7.76. The van der Waals surface area contributed by atoms with Crippen molar-refractivity contribution in [1.82, 2.24) is 0 Å². The van der Waals surface area contributed by atoms with Crippen molar-refractivity contribution in [1.29, 1.82) is 0 Å². The van der Waals surface area contributed by atoms with Crippen LogP contribution in [0.15, 0.2) is 103 Å². The van der Waals surface area contributed by atoms with Crippen LogP contribution in [-0.2, 0) is 15.0 Å². The van der Waals surface area contributed by atoms with E-state index in [-0.39, 0.29) is 5.41 Å². The van der Waals surface area contributed by atoms with Gasteiger partial charge in [0.15, 0.2) is 0 Å².